The van der Waals surface area contributed by atoms with Gasteiger partial charge in [-0.2, -0.15) is 0 Å². The standard InChI is InChI=1S/C26H25NO4/c1-17(28)30-23-15-19(14-18-8-4-2-5-9-18)26-24(23)25(29)21-16-20(10-11-22(21)31-26)27-12-6-3-7-13-27/h2,4-5,8-11,14,16,23H,3,6-7,12-13,15H2,1H3. The molecule has 2 aromatic carbocycles. The van der Waals surface area contributed by atoms with Gasteiger partial charge in [-0.1, -0.05) is 30.3 Å². The van der Waals surface area contributed by atoms with Gasteiger partial charge in [0.15, 0.2) is 5.43 Å². The number of hydrogen-bond acceptors (Lipinski definition) is 5. The summed E-state index contributed by atoms with van der Waals surface area (Å²) in [4.78, 5) is 27.6. The second kappa shape index (κ2) is 8.06. The highest BCUT2D eigenvalue weighted by atomic mass is 16.5. The Morgan fingerprint density at radius 3 is 2.61 bits per heavy atom. The molecule has 0 N–H and O–H groups in total. The molecule has 1 aliphatic heterocycles. The first-order valence-corrected chi connectivity index (χ1v) is 10.9. The predicted molar refractivity (Wildman–Crippen MR) is 122 cm³/mol. The van der Waals surface area contributed by atoms with E-state index in [0.29, 0.717) is 28.7 Å². The minimum atomic E-state index is -0.623. The summed E-state index contributed by atoms with van der Waals surface area (Å²) in [5, 5.41) is 0.542. The quantitative estimate of drug-likeness (QED) is 0.541. The molecule has 31 heavy (non-hydrogen) atoms. The zero-order chi connectivity index (χ0) is 21.4. The van der Waals surface area contributed by atoms with Crippen molar-refractivity contribution >= 4 is 34.3 Å². The molecule has 2 aliphatic rings. The number of benzene rings is 2. The number of rotatable bonds is 3. The fourth-order valence-electron chi connectivity index (χ4n) is 4.65. The van der Waals surface area contributed by atoms with Gasteiger partial charge in [0.25, 0.3) is 0 Å². The molecule has 1 saturated heterocycles. The molecule has 5 nitrogen and oxygen atoms in total. The number of esters is 1. The Kier molecular flexibility index (Phi) is 5.10. The van der Waals surface area contributed by atoms with Gasteiger partial charge in [-0.15, -0.1) is 0 Å². The third-order valence-electron chi connectivity index (χ3n) is 6.10. The third kappa shape index (κ3) is 3.76. The van der Waals surface area contributed by atoms with E-state index in [4.69, 9.17) is 9.15 Å². The van der Waals surface area contributed by atoms with Gasteiger partial charge in [0.2, 0.25) is 0 Å². The Bertz CT molecular complexity index is 1220. The topological polar surface area (TPSA) is 59.8 Å². The van der Waals surface area contributed by atoms with Gasteiger partial charge in [0, 0.05) is 32.1 Å². The molecular formula is C26H25NO4. The van der Waals surface area contributed by atoms with Crippen LogP contribution in [0.3, 0.4) is 0 Å². The molecule has 1 aromatic heterocycles. The lowest BCUT2D eigenvalue weighted by atomic mass is 10.1. The Labute approximate surface area is 180 Å². The van der Waals surface area contributed by atoms with Crippen LogP contribution in [-0.2, 0) is 9.53 Å². The number of nitrogens with zero attached hydrogens (tertiary/aromatic N) is 1. The van der Waals surface area contributed by atoms with Crippen LogP contribution in [0.25, 0.3) is 22.6 Å². The summed E-state index contributed by atoms with van der Waals surface area (Å²) in [6.45, 7) is 3.37. The van der Waals surface area contributed by atoms with Crippen molar-refractivity contribution in [1.29, 1.82) is 0 Å². The Morgan fingerprint density at radius 2 is 1.87 bits per heavy atom. The summed E-state index contributed by atoms with van der Waals surface area (Å²) in [7, 11) is 0. The van der Waals surface area contributed by atoms with Crippen LogP contribution >= 0.6 is 0 Å². The number of fused-ring (bicyclic) bond motifs is 2. The molecule has 5 rings (SSSR count). The normalized spacial score (nSPS) is 19.6. The lowest BCUT2D eigenvalue weighted by molar-refractivity contribution is -0.146. The van der Waals surface area contributed by atoms with E-state index in [0.717, 1.165) is 29.9 Å². The average Bonchev–Trinajstić information content (AvgIpc) is 3.11. The summed E-state index contributed by atoms with van der Waals surface area (Å²) in [5.74, 6) is 0.122. The fourth-order valence-corrected chi connectivity index (χ4v) is 4.65. The maximum Gasteiger partial charge on any atom is 0.303 e. The summed E-state index contributed by atoms with van der Waals surface area (Å²) >= 11 is 0. The predicted octanol–water partition coefficient (Wildman–Crippen LogP) is 5.33. The highest BCUT2D eigenvalue weighted by molar-refractivity contribution is 5.89. The van der Waals surface area contributed by atoms with Crippen LogP contribution in [0.1, 0.15) is 55.6 Å². The molecule has 0 spiro atoms. The highest BCUT2D eigenvalue weighted by Crippen LogP contribution is 2.42. The number of hydrogen-bond donors (Lipinski definition) is 0. The van der Waals surface area contributed by atoms with Crippen LogP contribution in [0.5, 0.6) is 0 Å². The molecule has 158 valence electrons. The molecule has 1 atom stereocenters. The minimum absolute atomic E-state index is 0.113. The smallest absolute Gasteiger partial charge is 0.303 e. The molecule has 0 radical (unpaired) electrons. The monoisotopic (exact) mass is 415 g/mol. The number of ether oxygens (including phenoxy) is 1. The van der Waals surface area contributed by atoms with Crippen LogP contribution in [0.15, 0.2) is 57.7 Å². The van der Waals surface area contributed by atoms with Gasteiger partial charge < -0.3 is 14.1 Å². The van der Waals surface area contributed by atoms with Gasteiger partial charge in [-0.05, 0) is 54.7 Å². The van der Waals surface area contributed by atoms with E-state index in [1.807, 2.05) is 54.6 Å². The van der Waals surface area contributed by atoms with E-state index < -0.39 is 12.1 Å². The summed E-state index contributed by atoms with van der Waals surface area (Å²) in [6.07, 6.45) is 5.39. The van der Waals surface area contributed by atoms with Crippen molar-refractivity contribution in [3.63, 3.8) is 0 Å². The van der Waals surface area contributed by atoms with Gasteiger partial charge in [0.05, 0.1) is 10.9 Å². The maximum atomic E-state index is 13.5. The number of carbonyl (C=O) groups excluding carboxylic acids is 1. The Morgan fingerprint density at radius 1 is 1.10 bits per heavy atom. The van der Waals surface area contributed by atoms with E-state index in [1.54, 1.807) is 0 Å². The van der Waals surface area contributed by atoms with Crippen molar-refractivity contribution in [2.75, 3.05) is 18.0 Å². The number of carbonyl (C=O) groups is 1. The van der Waals surface area contributed by atoms with Crippen molar-refractivity contribution in [2.24, 2.45) is 0 Å². The Balaban J connectivity index is 1.64. The van der Waals surface area contributed by atoms with E-state index >= 15 is 0 Å². The van der Waals surface area contributed by atoms with Crippen LogP contribution in [0.2, 0.25) is 0 Å². The van der Waals surface area contributed by atoms with Crippen molar-refractivity contribution < 1.29 is 13.9 Å². The van der Waals surface area contributed by atoms with Gasteiger partial charge >= 0.3 is 5.97 Å². The zero-order valence-corrected chi connectivity index (χ0v) is 17.6. The van der Waals surface area contributed by atoms with Crippen LogP contribution in [0, 0.1) is 0 Å². The summed E-state index contributed by atoms with van der Waals surface area (Å²) < 4.78 is 11.8. The van der Waals surface area contributed by atoms with Gasteiger partial charge in [0.1, 0.15) is 17.4 Å². The minimum Gasteiger partial charge on any atom is -0.457 e. The zero-order valence-electron chi connectivity index (χ0n) is 17.6. The molecule has 0 amide bonds. The van der Waals surface area contributed by atoms with Crippen molar-refractivity contribution in [1.82, 2.24) is 0 Å². The third-order valence-corrected chi connectivity index (χ3v) is 6.10. The molecular weight excluding hydrogens is 390 g/mol. The van der Waals surface area contributed by atoms with Gasteiger partial charge in [-0.25, -0.2) is 0 Å². The van der Waals surface area contributed by atoms with Gasteiger partial charge in [-0.3, -0.25) is 9.59 Å². The molecule has 5 heteroatoms. The SMILES string of the molecule is CC(=O)OC1CC(=Cc2ccccc2)c2oc3ccc(N4CCCCC4)cc3c(=O)c21. The van der Waals surface area contributed by atoms with E-state index in [9.17, 15) is 9.59 Å². The molecule has 0 saturated carbocycles. The molecule has 1 unspecified atom stereocenters. The van der Waals surface area contributed by atoms with Crippen LogP contribution in [-0.4, -0.2) is 19.1 Å². The molecule has 1 aliphatic carbocycles. The average molecular weight is 415 g/mol. The first-order valence-electron chi connectivity index (χ1n) is 10.9. The van der Waals surface area contributed by atoms with E-state index in [-0.39, 0.29) is 5.43 Å². The summed E-state index contributed by atoms with van der Waals surface area (Å²) in [6, 6.07) is 15.7. The summed E-state index contributed by atoms with van der Waals surface area (Å²) in [5.41, 5.74) is 3.81. The lowest BCUT2D eigenvalue weighted by Crippen LogP contribution is -2.29. The lowest BCUT2D eigenvalue weighted by Gasteiger charge is -2.28. The van der Waals surface area contributed by atoms with Crippen molar-refractivity contribution in [3.05, 3.63) is 75.6 Å². The van der Waals surface area contributed by atoms with E-state index in [1.165, 1.54) is 26.2 Å². The first kappa shape index (κ1) is 19.6. The van der Waals surface area contributed by atoms with Crippen LogP contribution in [0.4, 0.5) is 5.69 Å². The second-order valence-electron chi connectivity index (χ2n) is 8.28. The Hall–Kier alpha value is -3.34. The number of anilines is 1. The van der Waals surface area contributed by atoms with E-state index in [2.05, 4.69) is 4.90 Å². The molecule has 1 fully saturated rings. The van der Waals surface area contributed by atoms with Crippen molar-refractivity contribution in [2.45, 2.75) is 38.7 Å². The number of piperidine rings is 1. The van der Waals surface area contributed by atoms with Crippen molar-refractivity contribution in [3.8, 4) is 0 Å². The highest BCUT2D eigenvalue weighted by Gasteiger charge is 2.35. The first-order chi connectivity index (χ1) is 15.1. The largest absolute Gasteiger partial charge is 0.457 e. The van der Waals surface area contributed by atoms with Crippen LogP contribution < -0.4 is 10.3 Å². The second-order valence-corrected chi connectivity index (χ2v) is 8.28. The maximum absolute atomic E-state index is 13.5. The molecule has 3 aromatic rings. The molecule has 2 heterocycles. The fraction of sp³-hybridized carbons (Fsp3) is 0.308. The molecule has 0 bridgehead atoms.